The summed E-state index contributed by atoms with van der Waals surface area (Å²) in [6.07, 6.45) is 1.26. The first-order chi connectivity index (χ1) is 7.51. The zero-order valence-electron chi connectivity index (χ0n) is 10.4. The van der Waals surface area contributed by atoms with Crippen molar-refractivity contribution in [2.24, 2.45) is 5.92 Å². The molecule has 0 amide bonds. The molecule has 1 rings (SSSR count). The van der Waals surface area contributed by atoms with Crippen molar-refractivity contribution >= 4 is 17.4 Å². The molecule has 0 N–H and O–H groups in total. The van der Waals surface area contributed by atoms with E-state index in [-0.39, 0.29) is 11.7 Å². The fourth-order valence-electron chi connectivity index (χ4n) is 1.82. The van der Waals surface area contributed by atoms with E-state index in [1.54, 1.807) is 0 Å². The van der Waals surface area contributed by atoms with Gasteiger partial charge in [-0.05, 0) is 13.8 Å². The quantitative estimate of drug-likeness (QED) is 0.796. The van der Waals surface area contributed by atoms with Crippen molar-refractivity contribution in [3.05, 3.63) is 16.4 Å². The highest BCUT2D eigenvalue weighted by atomic mass is 35.5. The van der Waals surface area contributed by atoms with Crippen molar-refractivity contribution in [2.45, 2.75) is 47.1 Å². The molecule has 1 atom stereocenters. The first kappa shape index (κ1) is 13.2. The molecule has 0 aromatic carbocycles. The molecular formula is C12H19ClN2O. The van der Waals surface area contributed by atoms with Gasteiger partial charge in [0.15, 0.2) is 0 Å². The van der Waals surface area contributed by atoms with Crippen molar-refractivity contribution in [1.82, 2.24) is 9.78 Å². The van der Waals surface area contributed by atoms with Gasteiger partial charge >= 0.3 is 0 Å². The second-order valence-electron chi connectivity index (χ2n) is 4.09. The number of halogens is 1. The summed E-state index contributed by atoms with van der Waals surface area (Å²) in [6, 6.07) is 0. The summed E-state index contributed by atoms with van der Waals surface area (Å²) in [5.41, 5.74) is 1.82. The monoisotopic (exact) mass is 242 g/mol. The van der Waals surface area contributed by atoms with E-state index in [1.165, 1.54) is 0 Å². The third-order valence-corrected chi connectivity index (χ3v) is 3.34. The first-order valence-corrected chi connectivity index (χ1v) is 6.13. The number of nitrogens with zero attached hydrogens (tertiary/aromatic N) is 2. The lowest BCUT2D eigenvalue weighted by Crippen LogP contribution is -2.15. The minimum absolute atomic E-state index is 0.0175. The van der Waals surface area contributed by atoms with Gasteiger partial charge in [-0.2, -0.15) is 5.10 Å². The normalized spacial score (nSPS) is 12.8. The summed E-state index contributed by atoms with van der Waals surface area (Å²) in [4.78, 5) is 11.6. The van der Waals surface area contributed by atoms with Gasteiger partial charge in [0.25, 0.3) is 0 Å². The molecular weight excluding hydrogens is 224 g/mol. The maximum atomic E-state index is 11.6. The van der Waals surface area contributed by atoms with E-state index in [1.807, 2.05) is 32.4 Å². The van der Waals surface area contributed by atoms with Gasteiger partial charge < -0.3 is 0 Å². The highest BCUT2D eigenvalue weighted by Gasteiger charge is 2.18. The lowest BCUT2D eigenvalue weighted by Gasteiger charge is -2.10. The van der Waals surface area contributed by atoms with Crippen LogP contribution in [0.1, 0.15) is 38.6 Å². The Morgan fingerprint density at radius 2 is 2.12 bits per heavy atom. The summed E-state index contributed by atoms with van der Waals surface area (Å²) < 4.78 is 1.89. The molecule has 0 saturated carbocycles. The molecule has 0 radical (unpaired) electrons. The van der Waals surface area contributed by atoms with Crippen LogP contribution in [0.2, 0.25) is 5.02 Å². The molecule has 0 saturated heterocycles. The Balaban J connectivity index is 2.91. The Bertz CT molecular complexity index is 385. The zero-order valence-corrected chi connectivity index (χ0v) is 11.1. The van der Waals surface area contributed by atoms with Crippen LogP contribution in [-0.4, -0.2) is 15.6 Å². The summed E-state index contributed by atoms with van der Waals surface area (Å²) in [5.74, 6) is 0.293. The number of Topliss-reactive ketones (excluding diaryl/α,β-unsaturated/α-hetero) is 1. The molecule has 1 unspecified atom stereocenters. The lowest BCUT2D eigenvalue weighted by molar-refractivity contribution is -0.122. The van der Waals surface area contributed by atoms with Gasteiger partial charge in [0.2, 0.25) is 0 Å². The Morgan fingerprint density at radius 3 is 2.62 bits per heavy atom. The molecule has 0 aliphatic heterocycles. The lowest BCUT2D eigenvalue weighted by atomic mass is 9.98. The number of carbonyl (C=O) groups excluding carboxylic acids is 1. The number of carbonyl (C=O) groups is 1. The van der Waals surface area contributed by atoms with Crippen LogP contribution in [0.25, 0.3) is 0 Å². The van der Waals surface area contributed by atoms with Gasteiger partial charge in [-0.1, -0.05) is 25.4 Å². The van der Waals surface area contributed by atoms with Crippen LogP contribution >= 0.6 is 11.6 Å². The second-order valence-corrected chi connectivity index (χ2v) is 4.46. The zero-order chi connectivity index (χ0) is 12.3. The van der Waals surface area contributed by atoms with Gasteiger partial charge in [-0.15, -0.1) is 0 Å². The molecule has 3 nitrogen and oxygen atoms in total. The molecule has 0 fully saturated rings. The Kier molecular flexibility index (Phi) is 4.54. The highest BCUT2D eigenvalue weighted by Crippen LogP contribution is 2.23. The smallest absolute Gasteiger partial charge is 0.135 e. The maximum absolute atomic E-state index is 11.6. The van der Waals surface area contributed by atoms with Crippen molar-refractivity contribution in [3.8, 4) is 0 Å². The Hall–Kier alpha value is -0.830. The van der Waals surface area contributed by atoms with Crippen LogP contribution in [0.5, 0.6) is 0 Å². The van der Waals surface area contributed by atoms with E-state index in [0.717, 1.165) is 17.9 Å². The van der Waals surface area contributed by atoms with Gasteiger partial charge in [0, 0.05) is 25.3 Å². The molecule has 0 spiro atoms. The van der Waals surface area contributed by atoms with E-state index in [9.17, 15) is 4.79 Å². The Morgan fingerprint density at radius 1 is 1.50 bits per heavy atom. The largest absolute Gasteiger partial charge is 0.299 e. The summed E-state index contributed by atoms with van der Waals surface area (Å²) in [5, 5.41) is 5.05. The number of hydrogen-bond acceptors (Lipinski definition) is 2. The van der Waals surface area contributed by atoms with Crippen LogP contribution in [0.3, 0.4) is 0 Å². The van der Waals surface area contributed by atoms with Crippen LogP contribution in [0.15, 0.2) is 0 Å². The SMILES string of the molecule is CCC(=O)C(C)Cc1c(Cl)c(C)nn1CC. The number of ketones is 1. The van der Waals surface area contributed by atoms with Crippen LogP contribution < -0.4 is 0 Å². The average Bonchev–Trinajstić information content (AvgIpc) is 2.55. The van der Waals surface area contributed by atoms with E-state index in [4.69, 9.17) is 11.6 Å². The third-order valence-electron chi connectivity index (χ3n) is 2.85. The van der Waals surface area contributed by atoms with Crippen LogP contribution in [0, 0.1) is 12.8 Å². The predicted molar refractivity (Wildman–Crippen MR) is 65.8 cm³/mol. The molecule has 0 bridgehead atoms. The molecule has 0 aliphatic carbocycles. The number of aryl methyl sites for hydroxylation is 2. The fourth-order valence-corrected chi connectivity index (χ4v) is 2.03. The summed E-state index contributed by atoms with van der Waals surface area (Å²) in [7, 11) is 0. The Labute approximate surface area is 102 Å². The van der Waals surface area contributed by atoms with Crippen LogP contribution in [-0.2, 0) is 17.8 Å². The average molecular weight is 243 g/mol. The maximum Gasteiger partial charge on any atom is 0.135 e. The third kappa shape index (κ3) is 2.64. The molecule has 16 heavy (non-hydrogen) atoms. The molecule has 90 valence electrons. The van der Waals surface area contributed by atoms with Crippen molar-refractivity contribution in [2.75, 3.05) is 0 Å². The van der Waals surface area contributed by atoms with Gasteiger partial charge in [-0.25, -0.2) is 0 Å². The number of aromatic nitrogens is 2. The molecule has 0 aliphatic rings. The molecule has 1 aromatic rings. The molecule has 4 heteroatoms. The van der Waals surface area contributed by atoms with E-state index >= 15 is 0 Å². The highest BCUT2D eigenvalue weighted by molar-refractivity contribution is 6.31. The van der Waals surface area contributed by atoms with E-state index < -0.39 is 0 Å². The van der Waals surface area contributed by atoms with Crippen molar-refractivity contribution < 1.29 is 4.79 Å². The standard InChI is InChI=1S/C12H19ClN2O/c1-5-11(16)8(3)7-10-12(13)9(4)14-15(10)6-2/h8H,5-7H2,1-4H3. The second kappa shape index (κ2) is 5.48. The summed E-state index contributed by atoms with van der Waals surface area (Å²) >= 11 is 6.19. The van der Waals surface area contributed by atoms with Gasteiger partial charge in [0.1, 0.15) is 5.78 Å². The van der Waals surface area contributed by atoms with Crippen molar-refractivity contribution in [1.29, 1.82) is 0 Å². The first-order valence-electron chi connectivity index (χ1n) is 5.75. The summed E-state index contributed by atoms with van der Waals surface area (Å²) in [6.45, 7) is 8.55. The molecule has 1 aromatic heterocycles. The molecule has 1 heterocycles. The van der Waals surface area contributed by atoms with E-state index in [0.29, 0.717) is 17.9 Å². The topological polar surface area (TPSA) is 34.9 Å². The van der Waals surface area contributed by atoms with E-state index in [2.05, 4.69) is 5.10 Å². The number of rotatable bonds is 5. The van der Waals surface area contributed by atoms with Gasteiger partial charge in [-0.3, -0.25) is 9.48 Å². The van der Waals surface area contributed by atoms with Crippen LogP contribution in [0.4, 0.5) is 0 Å². The minimum atomic E-state index is 0.0175. The predicted octanol–water partition coefficient (Wildman–Crippen LogP) is 3.02. The van der Waals surface area contributed by atoms with Gasteiger partial charge in [0.05, 0.1) is 16.4 Å². The minimum Gasteiger partial charge on any atom is -0.299 e. The number of hydrogen-bond donors (Lipinski definition) is 0. The fraction of sp³-hybridized carbons (Fsp3) is 0.667. The van der Waals surface area contributed by atoms with Crippen molar-refractivity contribution in [3.63, 3.8) is 0 Å².